The first-order valence-electron chi connectivity index (χ1n) is 8.94. The number of hydrazone groups is 1. The molecule has 29 heavy (non-hydrogen) atoms. The summed E-state index contributed by atoms with van der Waals surface area (Å²) in [7, 11) is 0. The number of H-pyrrole nitrogens is 1. The zero-order valence-electron chi connectivity index (χ0n) is 16.6. The minimum atomic E-state index is -0.627. The molecule has 0 unspecified atom stereocenters. The van der Waals surface area contributed by atoms with Crippen LogP contribution in [0.15, 0.2) is 46.3 Å². The van der Waals surface area contributed by atoms with E-state index in [1.165, 1.54) is 16.8 Å². The number of carbonyl (C=O) groups is 1. The van der Waals surface area contributed by atoms with Gasteiger partial charge in [-0.05, 0) is 63.1 Å². The molecule has 3 aromatic rings. The van der Waals surface area contributed by atoms with Crippen LogP contribution in [-0.4, -0.2) is 31.6 Å². The van der Waals surface area contributed by atoms with Gasteiger partial charge in [-0.25, -0.2) is 10.1 Å². The van der Waals surface area contributed by atoms with E-state index in [0.717, 1.165) is 17.2 Å². The standard InChI is InChI=1S/C21H22N4O4/c1-11-5-6-16(7-12(11)2)25-21(29)19(14(4)24-25)13(3)22-23-20(28)15-8-17(26)10-18(27)9-15/h5-10,24,26-27H,1-4H3,(H,23,28)/b22-13-. The Morgan fingerprint density at radius 2 is 1.69 bits per heavy atom. The Balaban J connectivity index is 1.90. The third-order valence-corrected chi connectivity index (χ3v) is 4.67. The number of rotatable bonds is 4. The molecule has 2 aromatic carbocycles. The highest BCUT2D eigenvalue weighted by atomic mass is 16.3. The molecule has 0 saturated heterocycles. The van der Waals surface area contributed by atoms with Crippen molar-refractivity contribution >= 4 is 11.6 Å². The van der Waals surface area contributed by atoms with Crippen molar-refractivity contribution in [2.24, 2.45) is 5.10 Å². The lowest BCUT2D eigenvalue weighted by molar-refractivity contribution is 0.0954. The third kappa shape index (κ3) is 4.06. The van der Waals surface area contributed by atoms with Crippen LogP contribution < -0.4 is 11.0 Å². The van der Waals surface area contributed by atoms with Crippen LogP contribution in [0.2, 0.25) is 0 Å². The molecule has 8 heteroatoms. The van der Waals surface area contributed by atoms with Crippen LogP contribution in [-0.2, 0) is 0 Å². The zero-order valence-corrected chi connectivity index (χ0v) is 16.6. The largest absolute Gasteiger partial charge is 0.508 e. The normalized spacial score (nSPS) is 11.5. The highest BCUT2D eigenvalue weighted by Gasteiger charge is 2.16. The van der Waals surface area contributed by atoms with E-state index in [1.54, 1.807) is 13.8 Å². The summed E-state index contributed by atoms with van der Waals surface area (Å²) in [6, 6.07) is 9.23. The summed E-state index contributed by atoms with van der Waals surface area (Å²) in [6.07, 6.45) is 0. The molecule has 4 N–H and O–H groups in total. The number of phenols is 2. The van der Waals surface area contributed by atoms with Crippen LogP contribution in [0.3, 0.4) is 0 Å². The molecule has 1 heterocycles. The molecule has 8 nitrogen and oxygen atoms in total. The third-order valence-electron chi connectivity index (χ3n) is 4.67. The van der Waals surface area contributed by atoms with E-state index in [0.29, 0.717) is 22.7 Å². The average molecular weight is 394 g/mol. The topological polar surface area (TPSA) is 120 Å². The molecule has 0 atom stereocenters. The smallest absolute Gasteiger partial charge is 0.280 e. The van der Waals surface area contributed by atoms with Gasteiger partial charge in [-0.15, -0.1) is 0 Å². The van der Waals surface area contributed by atoms with Gasteiger partial charge in [0.05, 0.1) is 17.0 Å². The second-order valence-corrected chi connectivity index (χ2v) is 6.90. The van der Waals surface area contributed by atoms with Gasteiger partial charge in [0.2, 0.25) is 0 Å². The SMILES string of the molecule is C/C(=N/NC(=O)c1cc(O)cc(O)c1)c1c(C)[nH]n(-c2ccc(C)c(C)c2)c1=O. The molecule has 3 rings (SSSR count). The molecule has 0 aliphatic heterocycles. The van der Waals surface area contributed by atoms with E-state index in [9.17, 15) is 19.8 Å². The number of phenolic OH excluding ortho intramolecular Hbond substituents is 2. The highest BCUT2D eigenvalue weighted by molar-refractivity contribution is 6.01. The van der Waals surface area contributed by atoms with Crippen LogP contribution in [0, 0.1) is 20.8 Å². The molecule has 0 radical (unpaired) electrons. The van der Waals surface area contributed by atoms with Crippen molar-refractivity contribution < 1.29 is 15.0 Å². The van der Waals surface area contributed by atoms with E-state index in [2.05, 4.69) is 15.6 Å². The number of amides is 1. The molecule has 0 bridgehead atoms. The minimum absolute atomic E-state index is 0.0392. The van der Waals surface area contributed by atoms with Gasteiger partial charge in [-0.1, -0.05) is 6.07 Å². The van der Waals surface area contributed by atoms with E-state index < -0.39 is 5.91 Å². The number of nitrogens with one attached hydrogen (secondary N) is 2. The fourth-order valence-electron chi connectivity index (χ4n) is 3.00. The molecule has 150 valence electrons. The Morgan fingerprint density at radius 1 is 1.03 bits per heavy atom. The molecule has 0 aliphatic carbocycles. The molecule has 0 saturated carbocycles. The summed E-state index contributed by atoms with van der Waals surface area (Å²) >= 11 is 0. The molecule has 0 fully saturated rings. The van der Waals surface area contributed by atoms with Crippen LogP contribution >= 0.6 is 0 Å². The molecular weight excluding hydrogens is 372 g/mol. The van der Waals surface area contributed by atoms with Crippen LogP contribution in [0.5, 0.6) is 11.5 Å². The summed E-state index contributed by atoms with van der Waals surface area (Å²) in [6.45, 7) is 7.34. The first kappa shape index (κ1) is 19.9. The van der Waals surface area contributed by atoms with E-state index in [1.807, 2.05) is 32.0 Å². The maximum Gasteiger partial charge on any atom is 0.280 e. The minimum Gasteiger partial charge on any atom is -0.508 e. The summed E-state index contributed by atoms with van der Waals surface area (Å²) < 4.78 is 1.44. The quantitative estimate of drug-likeness (QED) is 0.402. The first-order chi connectivity index (χ1) is 13.7. The molecule has 1 amide bonds. The predicted molar refractivity (Wildman–Crippen MR) is 110 cm³/mol. The van der Waals surface area contributed by atoms with Crippen LogP contribution in [0.1, 0.15) is 39.7 Å². The number of aromatic amines is 1. The lowest BCUT2D eigenvalue weighted by Crippen LogP contribution is -2.23. The van der Waals surface area contributed by atoms with Crippen molar-refractivity contribution in [1.29, 1.82) is 0 Å². The zero-order chi connectivity index (χ0) is 21.3. The number of aryl methyl sites for hydroxylation is 3. The van der Waals surface area contributed by atoms with Crippen LogP contribution in [0.25, 0.3) is 5.69 Å². The number of aromatic hydroxyl groups is 2. The Morgan fingerprint density at radius 3 is 2.31 bits per heavy atom. The molecule has 0 spiro atoms. The second-order valence-electron chi connectivity index (χ2n) is 6.90. The summed E-state index contributed by atoms with van der Waals surface area (Å²) in [5, 5.41) is 26.0. The number of aromatic nitrogens is 2. The van der Waals surface area contributed by atoms with Crippen LogP contribution in [0.4, 0.5) is 0 Å². The first-order valence-corrected chi connectivity index (χ1v) is 8.94. The van der Waals surface area contributed by atoms with Crippen molar-refractivity contribution in [3.8, 4) is 17.2 Å². The predicted octanol–water partition coefficient (Wildman–Crippen LogP) is 2.66. The monoisotopic (exact) mass is 394 g/mol. The fraction of sp³-hybridized carbons (Fsp3) is 0.190. The maximum absolute atomic E-state index is 12.9. The summed E-state index contributed by atoms with van der Waals surface area (Å²) in [4.78, 5) is 25.1. The van der Waals surface area contributed by atoms with Gasteiger partial charge in [0.15, 0.2) is 0 Å². The Hall–Kier alpha value is -3.81. The summed E-state index contributed by atoms with van der Waals surface area (Å²) in [5.41, 5.74) is 6.28. The van der Waals surface area contributed by atoms with Gasteiger partial charge in [0.1, 0.15) is 11.5 Å². The van der Waals surface area contributed by atoms with E-state index >= 15 is 0 Å². The van der Waals surface area contributed by atoms with Crippen molar-refractivity contribution in [2.45, 2.75) is 27.7 Å². The Bertz CT molecular complexity index is 1170. The van der Waals surface area contributed by atoms with Crippen molar-refractivity contribution in [3.63, 3.8) is 0 Å². The van der Waals surface area contributed by atoms with E-state index in [-0.39, 0.29) is 22.6 Å². The van der Waals surface area contributed by atoms with Gasteiger partial charge in [0.25, 0.3) is 11.5 Å². The lowest BCUT2D eigenvalue weighted by atomic mass is 10.1. The number of nitrogens with zero attached hydrogens (tertiary/aromatic N) is 2. The van der Waals surface area contributed by atoms with Gasteiger partial charge in [-0.3, -0.25) is 14.7 Å². The molecule has 1 aromatic heterocycles. The van der Waals surface area contributed by atoms with Gasteiger partial charge >= 0.3 is 0 Å². The van der Waals surface area contributed by atoms with Crippen molar-refractivity contribution in [2.75, 3.05) is 0 Å². The Kier molecular flexibility index (Phi) is 5.27. The molecular formula is C21H22N4O4. The number of carbonyl (C=O) groups excluding carboxylic acids is 1. The van der Waals surface area contributed by atoms with Crippen molar-refractivity contribution in [1.82, 2.24) is 15.2 Å². The van der Waals surface area contributed by atoms with Gasteiger partial charge < -0.3 is 10.2 Å². The summed E-state index contributed by atoms with van der Waals surface area (Å²) in [5.74, 6) is -1.11. The number of hydrogen-bond acceptors (Lipinski definition) is 5. The lowest BCUT2D eigenvalue weighted by Gasteiger charge is -2.05. The molecule has 0 aliphatic rings. The van der Waals surface area contributed by atoms with Gasteiger partial charge in [0, 0.05) is 17.3 Å². The highest BCUT2D eigenvalue weighted by Crippen LogP contribution is 2.20. The van der Waals surface area contributed by atoms with E-state index in [4.69, 9.17) is 0 Å². The average Bonchev–Trinajstić information content (AvgIpc) is 2.95. The maximum atomic E-state index is 12.9. The second kappa shape index (κ2) is 7.67. The fourth-order valence-corrected chi connectivity index (χ4v) is 3.00. The number of hydrogen-bond donors (Lipinski definition) is 4. The Labute approximate surface area is 167 Å². The van der Waals surface area contributed by atoms with Crippen molar-refractivity contribution in [3.05, 3.63) is 74.7 Å². The number of benzene rings is 2. The van der Waals surface area contributed by atoms with Gasteiger partial charge in [-0.2, -0.15) is 5.10 Å².